The number of fused-ring (bicyclic) bond motifs is 3. The molecule has 1 saturated carbocycles. The Labute approximate surface area is 281 Å². The third-order valence-corrected chi connectivity index (χ3v) is 10.4. The van der Waals surface area contributed by atoms with Gasteiger partial charge in [-0.05, 0) is 74.9 Å². The minimum atomic E-state index is -0.498. The van der Waals surface area contributed by atoms with E-state index in [0.717, 1.165) is 92.2 Å². The predicted molar refractivity (Wildman–Crippen MR) is 197 cm³/mol. The first-order chi connectivity index (χ1) is 23.8. The fourth-order valence-corrected chi connectivity index (χ4v) is 8.35. The van der Waals surface area contributed by atoms with Crippen molar-refractivity contribution in [2.24, 2.45) is 0 Å². The average Bonchev–Trinajstić information content (AvgIpc) is 3.75. The quantitative estimate of drug-likeness (QED) is 0.192. The molecule has 0 unspecified atom stereocenters. The van der Waals surface area contributed by atoms with E-state index < -0.39 is 5.41 Å². The third kappa shape index (κ3) is 4.28. The number of hydrogen-bond acceptors (Lipinski definition) is 2. The van der Waals surface area contributed by atoms with E-state index in [4.69, 9.17) is 4.98 Å². The van der Waals surface area contributed by atoms with Gasteiger partial charge < -0.3 is 0 Å². The summed E-state index contributed by atoms with van der Waals surface area (Å²) >= 11 is 0. The van der Waals surface area contributed by atoms with E-state index in [1.807, 2.05) is 11.1 Å². The van der Waals surface area contributed by atoms with Crippen LogP contribution in [-0.4, -0.2) is 10.9 Å². The van der Waals surface area contributed by atoms with E-state index >= 15 is 0 Å². The van der Waals surface area contributed by atoms with E-state index in [1.165, 1.54) is 0 Å². The van der Waals surface area contributed by atoms with Gasteiger partial charge in [-0.1, -0.05) is 152 Å². The van der Waals surface area contributed by atoms with Crippen LogP contribution in [-0.2, 0) is 10.2 Å². The van der Waals surface area contributed by atoms with E-state index in [0.29, 0.717) is 5.82 Å². The van der Waals surface area contributed by atoms with E-state index in [2.05, 4.69) is 152 Å². The van der Waals surface area contributed by atoms with Gasteiger partial charge in [-0.25, -0.2) is 4.98 Å². The number of pyridine rings is 1. The summed E-state index contributed by atoms with van der Waals surface area (Å²) in [6, 6.07) is 53.3. The molecule has 1 aliphatic heterocycles. The molecule has 2 aliphatic rings. The first kappa shape index (κ1) is 28.4. The number of carbonyl (C=O) groups is 1. The summed E-state index contributed by atoms with van der Waals surface area (Å²) in [5.74, 6) is 0.844. The monoisotopic (exact) mass is 618 g/mol. The molecule has 1 aromatic heterocycles. The molecule has 1 spiro atoms. The number of benzene rings is 6. The maximum Gasteiger partial charge on any atom is 0.243 e. The van der Waals surface area contributed by atoms with Crippen LogP contribution in [0.1, 0.15) is 31.2 Å². The van der Waals surface area contributed by atoms with Crippen molar-refractivity contribution in [3.05, 3.63) is 163 Å². The molecule has 2 heterocycles. The molecular weight excluding hydrogens is 585 g/mol. The zero-order valence-corrected chi connectivity index (χ0v) is 26.6. The van der Waals surface area contributed by atoms with Crippen LogP contribution in [0.4, 0.5) is 11.5 Å². The lowest BCUT2D eigenvalue weighted by Crippen LogP contribution is -2.36. The molecule has 3 nitrogen and oxygen atoms in total. The second kappa shape index (κ2) is 11.5. The fraction of sp³-hybridized carbons (Fsp3) is 0.111. The van der Waals surface area contributed by atoms with Crippen LogP contribution in [0.5, 0.6) is 0 Å². The second-order valence-electron chi connectivity index (χ2n) is 13.0. The lowest BCUT2D eigenvalue weighted by atomic mass is 9.79. The topological polar surface area (TPSA) is 33.2 Å². The van der Waals surface area contributed by atoms with Crippen LogP contribution < -0.4 is 4.90 Å². The van der Waals surface area contributed by atoms with Crippen LogP contribution in [0.15, 0.2) is 158 Å². The molecule has 0 radical (unpaired) electrons. The summed E-state index contributed by atoms with van der Waals surface area (Å²) in [7, 11) is 0. The number of rotatable bonds is 5. The SMILES string of the molecule is O=C1N(c2nccc3c(-c4ccccc4)c(-c4ccccc4)c(-c4ccccc4)c(-c4ccccc4)c23)c2ccccc2C12CCCC2. The number of carbonyl (C=O) groups excluding carboxylic acids is 1. The smallest absolute Gasteiger partial charge is 0.243 e. The zero-order valence-electron chi connectivity index (χ0n) is 26.6. The summed E-state index contributed by atoms with van der Waals surface area (Å²) < 4.78 is 0. The number of amides is 1. The lowest BCUT2D eigenvalue weighted by Gasteiger charge is -2.28. The van der Waals surface area contributed by atoms with Crippen molar-refractivity contribution < 1.29 is 4.79 Å². The predicted octanol–water partition coefficient (Wildman–Crippen LogP) is 11.4. The molecule has 3 heteroatoms. The fourth-order valence-electron chi connectivity index (χ4n) is 8.35. The number of para-hydroxylation sites is 1. The summed E-state index contributed by atoms with van der Waals surface area (Å²) in [6.45, 7) is 0. The molecular formula is C45H34N2O. The molecule has 1 fully saturated rings. The van der Waals surface area contributed by atoms with Crippen molar-refractivity contribution in [1.82, 2.24) is 4.98 Å². The van der Waals surface area contributed by atoms with Crippen molar-refractivity contribution in [2.75, 3.05) is 4.90 Å². The zero-order chi connectivity index (χ0) is 32.1. The first-order valence-electron chi connectivity index (χ1n) is 16.9. The Morgan fingerprint density at radius 2 is 0.958 bits per heavy atom. The third-order valence-electron chi connectivity index (χ3n) is 10.4. The first-order valence-corrected chi connectivity index (χ1v) is 16.9. The minimum Gasteiger partial charge on any atom is -0.273 e. The van der Waals surface area contributed by atoms with Crippen LogP contribution >= 0.6 is 0 Å². The van der Waals surface area contributed by atoms with Gasteiger partial charge in [-0.3, -0.25) is 9.69 Å². The van der Waals surface area contributed by atoms with Gasteiger partial charge in [0.1, 0.15) is 5.82 Å². The molecule has 48 heavy (non-hydrogen) atoms. The number of hydrogen-bond donors (Lipinski definition) is 0. The van der Waals surface area contributed by atoms with Gasteiger partial charge in [0.05, 0.1) is 11.1 Å². The van der Waals surface area contributed by atoms with Crippen molar-refractivity contribution in [2.45, 2.75) is 31.1 Å². The Hall–Kier alpha value is -5.80. The normalized spacial score (nSPS) is 14.9. The highest BCUT2D eigenvalue weighted by molar-refractivity contribution is 6.24. The minimum absolute atomic E-state index is 0.148. The van der Waals surface area contributed by atoms with Gasteiger partial charge in [0, 0.05) is 17.1 Å². The molecule has 9 rings (SSSR count). The molecule has 0 N–H and O–H groups in total. The van der Waals surface area contributed by atoms with Crippen molar-refractivity contribution in [3.63, 3.8) is 0 Å². The van der Waals surface area contributed by atoms with Gasteiger partial charge in [-0.2, -0.15) is 0 Å². The Kier molecular flexibility index (Phi) is 6.79. The molecule has 1 aliphatic carbocycles. The maximum atomic E-state index is 15.0. The summed E-state index contributed by atoms with van der Waals surface area (Å²) in [6.07, 6.45) is 5.76. The average molecular weight is 619 g/mol. The Morgan fingerprint density at radius 1 is 0.500 bits per heavy atom. The van der Waals surface area contributed by atoms with Crippen LogP contribution in [0.3, 0.4) is 0 Å². The van der Waals surface area contributed by atoms with Gasteiger partial charge in [0.2, 0.25) is 5.91 Å². The number of nitrogens with zero attached hydrogens (tertiary/aromatic N) is 2. The summed E-state index contributed by atoms with van der Waals surface area (Å²) in [5, 5.41) is 2.06. The van der Waals surface area contributed by atoms with Crippen LogP contribution in [0, 0.1) is 0 Å². The van der Waals surface area contributed by atoms with E-state index in [-0.39, 0.29) is 5.91 Å². The van der Waals surface area contributed by atoms with E-state index in [1.54, 1.807) is 0 Å². The Bertz CT molecular complexity index is 2290. The summed E-state index contributed by atoms with van der Waals surface area (Å²) in [4.78, 5) is 22.1. The highest BCUT2D eigenvalue weighted by Crippen LogP contribution is 2.57. The lowest BCUT2D eigenvalue weighted by molar-refractivity contribution is -0.122. The second-order valence-corrected chi connectivity index (χ2v) is 13.0. The highest BCUT2D eigenvalue weighted by atomic mass is 16.2. The van der Waals surface area contributed by atoms with Crippen molar-refractivity contribution in [1.29, 1.82) is 0 Å². The van der Waals surface area contributed by atoms with Crippen LogP contribution in [0.25, 0.3) is 55.3 Å². The van der Waals surface area contributed by atoms with Gasteiger partial charge in [0.15, 0.2) is 0 Å². The summed E-state index contributed by atoms with van der Waals surface area (Å²) in [5.41, 5.74) is 10.6. The largest absolute Gasteiger partial charge is 0.273 e. The molecule has 230 valence electrons. The van der Waals surface area contributed by atoms with Crippen molar-refractivity contribution in [3.8, 4) is 44.5 Å². The molecule has 0 saturated heterocycles. The maximum absolute atomic E-state index is 15.0. The highest BCUT2D eigenvalue weighted by Gasteiger charge is 2.53. The van der Waals surface area contributed by atoms with Gasteiger partial charge in [-0.15, -0.1) is 0 Å². The van der Waals surface area contributed by atoms with Gasteiger partial charge >= 0.3 is 0 Å². The van der Waals surface area contributed by atoms with Gasteiger partial charge in [0.25, 0.3) is 0 Å². The molecule has 1 amide bonds. The molecule has 7 aromatic rings. The Morgan fingerprint density at radius 3 is 1.52 bits per heavy atom. The standard InChI is InChI=1S/C45H34N2O/c48-44-45(28-15-16-29-45)36-25-13-14-26-37(36)47(44)43-42-35(27-30-46-43)38(31-17-5-1-6-18-31)39(32-19-7-2-8-20-32)40(33-21-9-3-10-22-33)41(42)34-23-11-4-12-24-34/h1-14,17-27,30H,15-16,28-29H2. The Balaban J connectivity index is 1.50. The number of anilines is 2. The van der Waals surface area contributed by atoms with Crippen molar-refractivity contribution >= 4 is 28.2 Å². The molecule has 6 aromatic carbocycles. The van der Waals surface area contributed by atoms with E-state index in [9.17, 15) is 4.79 Å². The molecule has 0 atom stereocenters. The molecule has 0 bridgehead atoms. The van der Waals surface area contributed by atoms with Crippen LogP contribution in [0.2, 0.25) is 0 Å². The number of aromatic nitrogens is 1.